The lowest BCUT2D eigenvalue weighted by Crippen LogP contribution is -2.25. The molecular formula is C13H17NO6. The third-order valence-electron chi connectivity index (χ3n) is 2.85. The van der Waals surface area contributed by atoms with Crippen LogP contribution in [0.15, 0.2) is 0 Å². The fourth-order valence-corrected chi connectivity index (χ4v) is 1.80. The molecule has 1 N–H and O–H groups in total. The van der Waals surface area contributed by atoms with Gasteiger partial charge in [-0.2, -0.15) is 0 Å². The van der Waals surface area contributed by atoms with Crippen LogP contribution in [-0.2, 0) is 19.0 Å². The highest BCUT2D eigenvalue weighted by molar-refractivity contribution is 5.99. The van der Waals surface area contributed by atoms with Crippen LogP contribution in [0.3, 0.4) is 0 Å². The molecule has 1 rings (SSSR count). The van der Waals surface area contributed by atoms with Gasteiger partial charge in [0.2, 0.25) is 0 Å². The zero-order chi connectivity index (χ0) is 15.4. The van der Waals surface area contributed by atoms with Crippen molar-refractivity contribution in [1.82, 2.24) is 4.98 Å². The molecule has 0 bridgehead atoms. The Hall–Kier alpha value is -2.31. The van der Waals surface area contributed by atoms with Crippen LogP contribution in [0, 0.1) is 13.8 Å². The first-order valence-corrected chi connectivity index (χ1v) is 5.89. The highest BCUT2D eigenvalue weighted by atomic mass is 16.6. The van der Waals surface area contributed by atoms with Crippen molar-refractivity contribution < 1.29 is 28.6 Å². The Balaban J connectivity index is 3.01. The van der Waals surface area contributed by atoms with Crippen molar-refractivity contribution in [3.63, 3.8) is 0 Å². The summed E-state index contributed by atoms with van der Waals surface area (Å²) in [5.74, 6) is -1.94. The quantitative estimate of drug-likeness (QED) is 0.657. The van der Waals surface area contributed by atoms with E-state index in [0.717, 1.165) is 0 Å². The largest absolute Gasteiger partial charge is 0.466 e. The average molecular weight is 283 g/mol. The zero-order valence-corrected chi connectivity index (χ0v) is 12.0. The molecule has 1 aromatic heterocycles. The van der Waals surface area contributed by atoms with E-state index in [0.29, 0.717) is 11.3 Å². The standard InChI is InChI=1S/C13H17NO6/c1-6-9(12(16)19-5)7(2)14-10(6)13(17)20-8(3)11(15)18-4/h8,14H,1-5H3. The van der Waals surface area contributed by atoms with E-state index in [1.54, 1.807) is 13.8 Å². The number of aryl methyl sites for hydroxylation is 1. The summed E-state index contributed by atoms with van der Waals surface area (Å²) >= 11 is 0. The summed E-state index contributed by atoms with van der Waals surface area (Å²) < 4.78 is 14.1. The highest BCUT2D eigenvalue weighted by Gasteiger charge is 2.26. The number of methoxy groups -OCH3 is 2. The van der Waals surface area contributed by atoms with E-state index < -0.39 is 24.0 Å². The van der Waals surface area contributed by atoms with E-state index in [4.69, 9.17) is 4.74 Å². The van der Waals surface area contributed by atoms with Gasteiger partial charge in [0, 0.05) is 5.69 Å². The number of nitrogens with one attached hydrogen (secondary N) is 1. The van der Waals surface area contributed by atoms with Gasteiger partial charge in [-0.15, -0.1) is 0 Å². The minimum Gasteiger partial charge on any atom is -0.466 e. The lowest BCUT2D eigenvalue weighted by Gasteiger charge is -2.10. The summed E-state index contributed by atoms with van der Waals surface area (Å²) in [5.41, 5.74) is 1.30. The molecule has 20 heavy (non-hydrogen) atoms. The smallest absolute Gasteiger partial charge is 0.355 e. The maximum atomic E-state index is 12.0. The fraction of sp³-hybridized carbons (Fsp3) is 0.462. The first kappa shape index (κ1) is 15.7. The Bertz CT molecular complexity index is 545. The second-order valence-electron chi connectivity index (χ2n) is 4.19. The monoisotopic (exact) mass is 283 g/mol. The second kappa shape index (κ2) is 6.23. The predicted molar refractivity (Wildman–Crippen MR) is 68.5 cm³/mol. The van der Waals surface area contributed by atoms with E-state index in [1.807, 2.05) is 0 Å². The van der Waals surface area contributed by atoms with Crippen molar-refractivity contribution in [1.29, 1.82) is 0 Å². The van der Waals surface area contributed by atoms with Crippen LogP contribution >= 0.6 is 0 Å². The van der Waals surface area contributed by atoms with Gasteiger partial charge in [-0.1, -0.05) is 0 Å². The van der Waals surface area contributed by atoms with Gasteiger partial charge in [0.15, 0.2) is 6.10 Å². The van der Waals surface area contributed by atoms with Gasteiger partial charge in [-0.25, -0.2) is 14.4 Å². The number of H-pyrrole nitrogens is 1. The number of aromatic nitrogens is 1. The summed E-state index contributed by atoms with van der Waals surface area (Å²) in [6.07, 6.45) is -1.03. The van der Waals surface area contributed by atoms with Gasteiger partial charge in [0.25, 0.3) is 0 Å². The molecule has 0 fully saturated rings. The number of rotatable bonds is 4. The third kappa shape index (κ3) is 2.98. The maximum absolute atomic E-state index is 12.0. The molecule has 0 radical (unpaired) electrons. The van der Waals surface area contributed by atoms with Crippen LogP contribution in [-0.4, -0.2) is 43.2 Å². The number of carbonyl (C=O) groups is 3. The normalized spacial score (nSPS) is 11.7. The zero-order valence-electron chi connectivity index (χ0n) is 12.0. The number of ether oxygens (including phenoxy) is 3. The summed E-state index contributed by atoms with van der Waals surface area (Å²) in [6, 6.07) is 0. The molecule has 0 spiro atoms. The molecule has 0 aliphatic carbocycles. The van der Waals surface area contributed by atoms with Gasteiger partial charge in [-0.3, -0.25) is 0 Å². The van der Waals surface area contributed by atoms with Crippen molar-refractivity contribution in [2.45, 2.75) is 26.9 Å². The average Bonchev–Trinajstić information content (AvgIpc) is 2.72. The molecule has 1 aromatic rings. The summed E-state index contributed by atoms with van der Waals surface area (Å²) in [4.78, 5) is 37.5. The summed E-state index contributed by atoms with van der Waals surface area (Å²) in [5, 5.41) is 0. The van der Waals surface area contributed by atoms with Crippen LogP contribution in [0.2, 0.25) is 0 Å². The minimum atomic E-state index is -1.03. The lowest BCUT2D eigenvalue weighted by molar-refractivity contribution is -0.149. The number of hydrogen-bond donors (Lipinski definition) is 1. The molecule has 0 saturated heterocycles. The molecule has 1 unspecified atom stereocenters. The Morgan fingerprint density at radius 3 is 2.15 bits per heavy atom. The van der Waals surface area contributed by atoms with Crippen LogP contribution in [0.1, 0.15) is 39.0 Å². The topological polar surface area (TPSA) is 94.7 Å². The van der Waals surface area contributed by atoms with Gasteiger partial charge in [-0.05, 0) is 26.3 Å². The van der Waals surface area contributed by atoms with Crippen LogP contribution in [0.4, 0.5) is 0 Å². The Labute approximate surface area is 116 Å². The predicted octanol–water partition coefficient (Wildman–Crippen LogP) is 1.14. The molecule has 7 nitrogen and oxygen atoms in total. The molecule has 0 saturated carbocycles. The molecule has 0 amide bonds. The van der Waals surface area contributed by atoms with E-state index >= 15 is 0 Å². The van der Waals surface area contributed by atoms with E-state index in [2.05, 4.69) is 14.5 Å². The molecule has 1 heterocycles. The van der Waals surface area contributed by atoms with E-state index in [-0.39, 0.29) is 11.3 Å². The first-order valence-electron chi connectivity index (χ1n) is 5.89. The number of hydrogen-bond acceptors (Lipinski definition) is 6. The number of esters is 3. The van der Waals surface area contributed by atoms with Crippen molar-refractivity contribution in [2.24, 2.45) is 0 Å². The summed E-state index contributed by atoms with van der Waals surface area (Å²) in [7, 11) is 2.46. The van der Waals surface area contributed by atoms with Crippen LogP contribution < -0.4 is 0 Å². The fourth-order valence-electron chi connectivity index (χ4n) is 1.80. The van der Waals surface area contributed by atoms with Crippen LogP contribution in [0.5, 0.6) is 0 Å². The van der Waals surface area contributed by atoms with E-state index in [9.17, 15) is 14.4 Å². The lowest BCUT2D eigenvalue weighted by atomic mass is 10.1. The van der Waals surface area contributed by atoms with Crippen molar-refractivity contribution >= 4 is 17.9 Å². The number of aromatic amines is 1. The van der Waals surface area contributed by atoms with Crippen LogP contribution in [0.25, 0.3) is 0 Å². The summed E-state index contributed by atoms with van der Waals surface area (Å²) in [6.45, 7) is 4.63. The van der Waals surface area contributed by atoms with Crippen molar-refractivity contribution in [3.8, 4) is 0 Å². The van der Waals surface area contributed by atoms with Gasteiger partial charge in [0.05, 0.1) is 19.8 Å². The Kier molecular flexibility index (Phi) is 4.90. The molecule has 0 aromatic carbocycles. The minimum absolute atomic E-state index is 0.110. The third-order valence-corrected chi connectivity index (χ3v) is 2.85. The molecule has 7 heteroatoms. The SMILES string of the molecule is COC(=O)c1c(C)[nH]c(C(=O)OC(C)C(=O)OC)c1C. The first-order chi connectivity index (χ1) is 9.33. The molecular weight excluding hydrogens is 266 g/mol. The molecule has 0 aliphatic heterocycles. The van der Waals surface area contributed by atoms with Crippen molar-refractivity contribution in [2.75, 3.05) is 14.2 Å². The molecule has 110 valence electrons. The highest BCUT2D eigenvalue weighted by Crippen LogP contribution is 2.20. The number of carbonyl (C=O) groups excluding carboxylic acids is 3. The Morgan fingerprint density at radius 2 is 1.65 bits per heavy atom. The van der Waals surface area contributed by atoms with Gasteiger partial charge in [0.1, 0.15) is 5.69 Å². The molecule has 0 aliphatic rings. The second-order valence-corrected chi connectivity index (χ2v) is 4.19. The van der Waals surface area contributed by atoms with Crippen molar-refractivity contribution in [3.05, 3.63) is 22.5 Å². The molecule has 1 atom stereocenters. The Morgan fingerprint density at radius 1 is 1.05 bits per heavy atom. The van der Waals surface area contributed by atoms with Gasteiger partial charge < -0.3 is 19.2 Å². The maximum Gasteiger partial charge on any atom is 0.355 e. The van der Waals surface area contributed by atoms with Gasteiger partial charge >= 0.3 is 17.9 Å². The van der Waals surface area contributed by atoms with E-state index in [1.165, 1.54) is 21.1 Å².